The van der Waals surface area contributed by atoms with Crippen LogP contribution in [0.2, 0.25) is 0 Å². The summed E-state index contributed by atoms with van der Waals surface area (Å²) in [4.78, 5) is 15.4. The number of aromatic nitrogens is 2. The predicted octanol–water partition coefficient (Wildman–Crippen LogP) is 2.83. The van der Waals surface area contributed by atoms with E-state index in [0.29, 0.717) is 12.1 Å². The molecule has 1 aliphatic carbocycles. The molecule has 2 heterocycles. The average Bonchev–Trinajstić information content (AvgIpc) is 3.37. The first-order chi connectivity index (χ1) is 13.9. The molecule has 29 heavy (non-hydrogen) atoms. The molecule has 7 nitrogen and oxygen atoms in total. The minimum absolute atomic E-state index is 0.0619. The molecule has 1 atom stereocenters. The molecule has 1 amide bonds. The van der Waals surface area contributed by atoms with Gasteiger partial charge in [0.05, 0.1) is 23.2 Å². The van der Waals surface area contributed by atoms with Crippen LogP contribution in [0.1, 0.15) is 54.5 Å². The Morgan fingerprint density at radius 1 is 1.21 bits per heavy atom. The highest BCUT2D eigenvalue weighted by Crippen LogP contribution is 2.32. The number of amides is 1. The third kappa shape index (κ3) is 3.90. The topological polar surface area (TPSA) is 84.3 Å². The van der Waals surface area contributed by atoms with Crippen LogP contribution in [0.3, 0.4) is 0 Å². The summed E-state index contributed by atoms with van der Waals surface area (Å²) in [5, 5.41) is 7.64. The number of carbonyl (C=O) groups is 1. The van der Waals surface area contributed by atoms with Gasteiger partial charge in [-0.1, -0.05) is 0 Å². The molecule has 4 rings (SSSR count). The monoisotopic (exact) mass is 416 g/mol. The van der Waals surface area contributed by atoms with Gasteiger partial charge in [0.2, 0.25) is 0 Å². The summed E-state index contributed by atoms with van der Waals surface area (Å²) in [7, 11) is -3.05. The number of nitrogens with one attached hydrogen (secondary N) is 1. The van der Waals surface area contributed by atoms with E-state index in [9.17, 15) is 13.2 Å². The van der Waals surface area contributed by atoms with Gasteiger partial charge in [0, 0.05) is 30.0 Å². The van der Waals surface area contributed by atoms with Crippen LogP contribution in [-0.4, -0.2) is 48.7 Å². The molecule has 1 aromatic heterocycles. The number of aryl methyl sites for hydroxylation is 1. The summed E-state index contributed by atoms with van der Waals surface area (Å²) in [6, 6.07) is 7.58. The van der Waals surface area contributed by atoms with Gasteiger partial charge in [-0.05, 0) is 63.8 Å². The molecule has 1 fully saturated rings. The van der Waals surface area contributed by atoms with Gasteiger partial charge < -0.3 is 10.2 Å². The fourth-order valence-electron chi connectivity index (χ4n) is 4.42. The number of anilines is 2. The van der Waals surface area contributed by atoms with E-state index in [1.165, 1.54) is 0 Å². The highest BCUT2D eigenvalue weighted by molar-refractivity contribution is 7.91. The number of rotatable bonds is 6. The minimum Gasteiger partial charge on any atom is -0.372 e. The van der Waals surface area contributed by atoms with Crippen molar-refractivity contribution in [3.05, 3.63) is 41.2 Å². The van der Waals surface area contributed by atoms with Crippen LogP contribution in [0, 0.1) is 0 Å². The zero-order valence-corrected chi connectivity index (χ0v) is 17.8. The molecule has 8 heteroatoms. The first kappa shape index (κ1) is 19.9. The van der Waals surface area contributed by atoms with Crippen molar-refractivity contribution in [1.82, 2.24) is 9.78 Å². The normalized spacial score (nSPS) is 19.9. The molecular weight excluding hydrogens is 388 g/mol. The lowest BCUT2D eigenvalue weighted by Crippen LogP contribution is -2.23. The maximum atomic E-state index is 13.2. The fourth-order valence-corrected chi connectivity index (χ4v) is 6.11. The Bertz CT molecular complexity index is 1010. The standard InChI is InChI=1S/C21H28N4O3S/c1-3-24(4-2)16-10-8-15(9-11-16)22-21(26)20-18-6-5-7-19(18)23-25(20)17-12-13-29(27,28)14-17/h8-11,17H,3-7,12-14H2,1-2H3,(H,22,26). The largest absolute Gasteiger partial charge is 0.372 e. The van der Waals surface area contributed by atoms with E-state index in [4.69, 9.17) is 0 Å². The molecule has 0 radical (unpaired) electrons. The highest BCUT2D eigenvalue weighted by atomic mass is 32.2. The number of benzene rings is 1. The smallest absolute Gasteiger partial charge is 0.274 e. The first-order valence-corrected chi connectivity index (χ1v) is 12.2. The van der Waals surface area contributed by atoms with Crippen LogP contribution >= 0.6 is 0 Å². The van der Waals surface area contributed by atoms with Crippen molar-refractivity contribution in [3.8, 4) is 0 Å². The van der Waals surface area contributed by atoms with Crippen molar-refractivity contribution < 1.29 is 13.2 Å². The molecule has 1 aromatic carbocycles. The number of hydrogen-bond donors (Lipinski definition) is 1. The average molecular weight is 417 g/mol. The molecule has 1 saturated heterocycles. The van der Waals surface area contributed by atoms with E-state index < -0.39 is 9.84 Å². The molecular formula is C21H28N4O3S. The predicted molar refractivity (Wildman–Crippen MR) is 115 cm³/mol. The summed E-state index contributed by atoms with van der Waals surface area (Å²) < 4.78 is 25.6. The van der Waals surface area contributed by atoms with Crippen LogP contribution in [0.5, 0.6) is 0 Å². The van der Waals surface area contributed by atoms with Crippen molar-refractivity contribution in [2.75, 3.05) is 34.8 Å². The number of carbonyl (C=O) groups excluding carboxylic acids is 1. The Morgan fingerprint density at radius 2 is 1.93 bits per heavy atom. The molecule has 2 aliphatic rings. The lowest BCUT2D eigenvalue weighted by Gasteiger charge is -2.21. The second-order valence-corrected chi connectivity index (χ2v) is 10.0. The van der Waals surface area contributed by atoms with Crippen molar-refractivity contribution in [2.24, 2.45) is 0 Å². The van der Waals surface area contributed by atoms with Crippen LogP contribution in [-0.2, 0) is 22.7 Å². The molecule has 0 bridgehead atoms. The lowest BCUT2D eigenvalue weighted by molar-refractivity contribution is 0.101. The molecule has 1 unspecified atom stereocenters. The van der Waals surface area contributed by atoms with Crippen molar-refractivity contribution in [3.63, 3.8) is 0 Å². The molecule has 0 spiro atoms. The van der Waals surface area contributed by atoms with Gasteiger partial charge >= 0.3 is 0 Å². The van der Waals surface area contributed by atoms with Gasteiger partial charge in [-0.25, -0.2) is 8.42 Å². The molecule has 0 saturated carbocycles. The van der Waals surface area contributed by atoms with Crippen molar-refractivity contribution in [1.29, 1.82) is 0 Å². The summed E-state index contributed by atoms with van der Waals surface area (Å²) in [5.74, 6) is 0.0168. The number of fused-ring (bicyclic) bond motifs is 1. The number of nitrogens with zero attached hydrogens (tertiary/aromatic N) is 3. The van der Waals surface area contributed by atoms with Gasteiger partial charge in [-0.15, -0.1) is 0 Å². The van der Waals surface area contributed by atoms with Crippen LogP contribution in [0.4, 0.5) is 11.4 Å². The zero-order valence-electron chi connectivity index (χ0n) is 17.0. The maximum absolute atomic E-state index is 13.2. The Labute approximate surface area is 172 Å². The van der Waals surface area contributed by atoms with E-state index in [-0.39, 0.29) is 23.5 Å². The summed E-state index contributed by atoms with van der Waals surface area (Å²) in [6.45, 7) is 6.09. The summed E-state index contributed by atoms with van der Waals surface area (Å²) >= 11 is 0. The molecule has 156 valence electrons. The van der Waals surface area contributed by atoms with E-state index >= 15 is 0 Å². The molecule has 2 aromatic rings. The third-order valence-corrected chi connectivity index (χ3v) is 7.71. The SMILES string of the molecule is CCN(CC)c1ccc(NC(=O)c2c3c(nn2C2CCS(=O)(=O)C2)CCC3)cc1. The second kappa shape index (κ2) is 7.82. The van der Waals surface area contributed by atoms with E-state index in [1.54, 1.807) is 4.68 Å². The Hall–Kier alpha value is -2.35. The van der Waals surface area contributed by atoms with Crippen molar-refractivity contribution in [2.45, 2.75) is 45.6 Å². The zero-order chi connectivity index (χ0) is 20.6. The van der Waals surface area contributed by atoms with Crippen LogP contribution < -0.4 is 10.2 Å². The van der Waals surface area contributed by atoms with E-state index in [1.807, 2.05) is 24.3 Å². The van der Waals surface area contributed by atoms with E-state index in [0.717, 1.165) is 55.0 Å². The van der Waals surface area contributed by atoms with Gasteiger partial charge in [-0.3, -0.25) is 9.48 Å². The summed E-state index contributed by atoms with van der Waals surface area (Å²) in [6.07, 6.45) is 3.17. The number of sulfone groups is 1. The molecule has 1 N–H and O–H groups in total. The second-order valence-electron chi connectivity index (χ2n) is 7.80. The highest BCUT2D eigenvalue weighted by Gasteiger charge is 2.35. The maximum Gasteiger partial charge on any atom is 0.274 e. The van der Waals surface area contributed by atoms with Crippen molar-refractivity contribution >= 4 is 27.1 Å². The van der Waals surface area contributed by atoms with Crippen LogP contribution in [0.15, 0.2) is 24.3 Å². The van der Waals surface area contributed by atoms with E-state index in [2.05, 4.69) is 29.2 Å². The Morgan fingerprint density at radius 3 is 2.55 bits per heavy atom. The lowest BCUT2D eigenvalue weighted by atomic mass is 10.1. The van der Waals surface area contributed by atoms with Gasteiger partial charge in [0.25, 0.3) is 5.91 Å². The van der Waals surface area contributed by atoms with Crippen LogP contribution in [0.25, 0.3) is 0 Å². The third-order valence-electron chi connectivity index (χ3n) is 5.96. The van der Waals surface area contributed by atoms with Gasteiger partial charge in [-0.2, -0.15) is 5.10 Å². The Kier molecular flexibility index (Phi) is 5.38. The summed E-state index contributed by atoms with van der Waals surface area (Å²) in [5.41, 5.74) is 4.30. The number of hydrogen-bond acceptors (Lipinski definition) is 5. The first-order valence-electron chi connectivity index (χ1n) is 10.4. The molecule has 1 aliphatic heterocycles. The fraction of sp³-hybridized carbons (Fsp3) is 0.524. The quantitative estimate of drug-likeness (QED) is 0.783. The van der Waals surface area contributed by atoms with Gasteiger partial charge in [0.15, 0.2) is 9.84 Å². The Balaban J connectivity index is 1.59. The van der Waals surface area contributed by atoms with Gasteiger partial charge in [0.1, 0.15) is 5.69 Å². The minimum atomic E-state index is -3.05.